The Balaban J connectivity index is 4.20. The van der Waals surface area contributed by atoms with E-state index in [1.807, 2.05) is 0 Å². The molecule has 156 valence electrons. The van der Waals surface area contributed by atoms with Crippen LogP contribution in [0.4, 0.5) is 0 Å². The lowest BCUT2D eigenvalue weighted by Gasteiger charge is -2.16. The normalized spacial score (nSPS) is 12.6. The Morgan fingerprint density at radius 2 is 1.74 bits per heavy atom. The van der Waals surface area contributed by atoms with E-state index >= 15 is 0 Å². The first kappa shape index (κ1) is 25.4. The van der Waals surface area contributed by atoms with Gasteiger partial charge in [-0.15, -0.1) is 11.8 Å². The second-order valence-corrected chi connectivity index (χ2v) is 6.41. The third-order valence-electron chi connectivity index (χ3n) is 4.00. The molecule has 0 radical (unpaired) electrons. The lowest BCUT2D eigenvalue weighted by molar-refractivity contribution is -0.145. The summed E-state index contributed by atoms with van der Waals surface area (Å²) in [7, 11) is 0. The highest BCUT2D eigenvalue weighted by atomic mass is 16.5. The molecule has 0 amide bonds. The Morgan fingerprint density at radius 3 is 2.41 bits per heavy atom. The molecular formula is C21H37NO5. The Bertz CT molecular complexity index is 455. The lowest BCUT2D eigenvalue weighted by Crippen LogP contribution is -2.39. The molecule has 0 aromatic heterocycles. The predicted molar refractivity (Wildman–Crippen MR) is 106 cm³/mol. The maximum Gasteiger partial charge on any atom is 0.324 e. The van der Waals surface area contributed by atoms with Crippen molar-refractivity contribution in [2.45, 2.75) is 90.7 Å². The van der Waals surface area contributed by atoms with E-state index in [2.05, 4.69) is 24.1 Å². The van der Waals surface area contributed by atoms with Crippen molar-refractivity contribution in [3.63, 3.8) is 0 Å². The number of aliphatic hydroxyl groups excluding tert-OH is 1. The second-order valence-electron chi connectivity index (χ2n) is 6.41. The molecule has 0 rings (SSSR count). The van der Waals surface area contributed by atoms with Gasteiger partial charge in [-0.25, -0.2) is 0 Å². The van der Waals surface area contributed by atoms with Gasteiger partial charge < -0.3 is 19.9 Å². The van der Waals surface area contributed by atoms with Crippen molar-refractivity contribution in [2.75, 3.05) is 19.8 Å². The molecule has 0 fully saturated rings. The van der Waals surface area contributed by atoms with E-state index in [0.717, 1.165) is 25.7 Å². The van der Waals surface area contributed by atoms with Crippen LogP contribution in [0.2, 0.25) is 0 Å². The fraction of sp³-hybridized carbons (Fsp3) is 0.810. The van der Waals surface area contributed by atoms with Crippen molar-refractivity contribution in [3.8, 4) is 11.8 Å². The van der Waals surface area contributed by atoms with E-state index in [0.29, 0.717) is 51.9 Å². The highest BCUT2D eigenvalue weighted by Gasteiger charge is 2.18. The average Bonchev–Trinajstić information content (AvgIpc) is 2.63. The molecular weight excluding hydrogens is 346 g/mol. The Morgan fingerprint density at radius 1 is 1.00 bits per heavy atom. The summed E-state index contributed by atoms with van der Waals surface area (Å²) in [6.07, 6.45) is 6.28. The number of hydrogen-bond acceptors (Lipinski definition) is 6. The standard InChI is InChI=1S/C21H37NO5/c1-4-7-10-13-18(23)16-17-22-19(21(25)27-6-3)14-11-8-9-12-15-20(24)26-5-2/h18-19,22-23H,4-7,9-10,12-17H2,1-3H3. The van der Waals surface area contributed by atoms with Crippen LogP contribution in [-0.4, -0.2) is 48.9 Å². The summed E-state index contributed by atoms with van der Waals surface area (Å²) in [4.78, 5) is 23.3. The van der Waals surface area contributed by atoms with Gasteiger partial charge in [-0.2, -0.15) is 0 Å². The monoisotopic (exact) mass is 383 g/mol. The van der Waals surface area contributed by atoms with Gasteiger partial charge in [0, 0.05) is 19.3 Å². The third-order valence-corrected chi connectivity index (χ3v) is 4.00. The minimum atomic E-state index is -0.495. The summed E-state index contributed by atoms with van der Waals surface area (Å²) < 4.78 is 9.95. The summed E-state index contributed by atoms with van der Waals surface area (Å²) in [5, 5.41) is 13.1. The molecule has 2 unspecified atom stereocenters. The van der Waals surface area contributed by atoms with E-state index in [-0.39, 0.29) is 18.0 Å². The fourth-order valence-corrected chi connectivity index (χ4v) is 2.50. The van der Waals surface area contributed by atoms with E-state index in [4.69, 9.17) is 9.47 Å². The highest BCUT2D eigenvalue weighted by molar-refractivity contribution is 5.76. The number of hydrogen-bond donors (Lipinski definition) is 2. The topological polar surface area (TPSA) is 84.9 Å². The average molecular weight is 384 g/mol. The zero-order valence-corrected chi connectivity index (χ0v) is 17.2. The number of ether oxygens (including phenoxy) is 2. The molecule has 0 spiro atoms. The number of carbonyl (C=O) groups is 2. The Labute approximate surface area is 164 Å². The number of esters is 2. The smallest absolute Gasteiger partial charge is 0.324 e. The van der Waals surface area contributed by atoms with Crippen LogP contribution >= 0.6 is 0 Å². The zero-order valence-electron chi connectivity index (χ0n) is 17.2. The van der Waals surface area contributed by atoms with Crippen LogP contribution in [0.1, 0.15) is 78.6 Å². The molecule has 2 atom stereocenters. The first-order valence-electron chi connectivity index (χ1n) is 10.2. The summed E-state index contributed by atoms with van der Waals surface area (Å²) in [6.45, 7) is 6.95. The summed E-state index contributed by atoms with van der Waals surface area (Å²) in [5.74, 6) is 5.45. The van der Waals surface area contributed by atoms with Crippen LogP contribution in [0, 0.1) is 11.8 Å². The summed E-state index contributed by atoms with van der Waals surface area (Å²) >= 11 is 0. The number of aliphatic hydroxyl groups is 1. The Hall–Kier alpha value is -1.58. The molecule has 0 saturated carbocycles. The first-order valence-corrected chi connectivity index (χ1v) is 10.2. The number of rotatable bonds is 15. The van der Waals surface area contributed by atoms with Crippen LogP contribution in [0.25, 0.3) is 0 Å². The van der Waals surface area contributed by atoms with Gasteiger partial charge >= 0.3 is 11.9 Å². The van der Waals surface area contributed by atoms with E-state index in [1.54, 1.807) is 13.8 Å². The zero-order chi connectivity index (χ0) is 20.3. The van der Waals surface area contributed by atoms with Gasteiger partial charge in [-0.1, -0.05) is 26.2 Å². The molecule has 6 heteroatoms. The fourth-order valence-electron chi connectivity index (χ4n) is 2.50. The van der Waals surface area contributed by atoms with Crippen molar-refractivity contribution in [1.82, 2.24) is 5.32 Å². The van der Waals surface area contributed by atoms with Crippen molar-refractivity contribution in [3.05, 3.63) is 0 Å². The van der Waals surface area contributed by atoms with Crippen molar-refractivity contribution in [1.29, 1.82) is 0 Å². The number of unbranched alkanes of at least 4 members (excludes halogenated alkanes) is 3. The van der Waals surface area contributed by atoms with Crippen LogP contribution in [0.5, 0.6) is 0 Å². The van der Waals surface area contributed by atoms with Crippen LogP contribution < -0.4 is 5.32 Å². The van der Waals surface area contributed by atoms with Gasteiger partial charge in [-0.05, 0) is 39.7 Å². The lowest BCUT2D eigenvalue weighted by atomic mass is 10.1. The maximum atomic E-state index is 12.0. The van der Waals surface area contributed by atoms with E-state index < -0.39 is 6.04 Å². The van der Waals surface area contributed by atoms with Gasteiger partial charge in [0.2, 0.25) is 0 Å². The number of carbonyl (C=O) groups excluding carboxylic acids is 2. The molecule has 0 aliphatic heterocycles. The minimum Gasteiger partial charge on any atom is -0.466 e. The van der Waals surface area contributed by atoms with Crippen LogP contribution in [-0.2, 0) is 19.1 Å². The highest BCUT2D eigenvalue weighted by Crippen LogP contribution is 2.06. The second kappa shape index (κ2) is 17.8. The Kier molecular flexibility index (Phi) is 16.8. The molecule has 0 aromatic carbocycles. The largest absolute Gasteiger partial charge is 0.466 e. The molecule has 2 N–H and O–H groups in total. The van der Waals surface area contributed by atoms with Gasteiger partial charge in [0.05, 0.1) is 19.3 Å². The molecule has 0 bridgehead atoms. The molecule has 0 aromatic rings. The van der Waals surface area contributed by atoms with Gasteiger partial charge in [0.15, 0.2) is 0 Å². The molecule has 6 nitrogen and oxygen atoms in total. The van der Waals surface area contributed by atoms with E-state index in [9.17, 15) is 14.7 Å². The molecule has 0 aliphatic rings. The van der Waals surface area contributed by atoms with Crippen molar-refractivity contribution in [2.24, 2.45) is 0 Å². The van der Waals surface area contributed by atoms with Crippen LogP contribution in [0.3, 0.4) is 0 Å². The molecule has 27 heavy (non-hydrogen) atoms. The van der Waals surface area contributed by atoms with Crippen molar-refractivity contribution >= 4 is 11.9 Å². The predicted octanol–water partition coefficient (Wildman–Crippen LogP) is 2.97. The summed E-state index contributed by atoms with van der Waals surface area (Å²) in [5.41, 5.74) is 0. The van der Waals surface area contributed by atoms with Crippen molar-refractivity contribution < 1.29 is 24.2 Å². The quantitative estimate of drug-likeness (QED) is 0.257. The minimum absolute atomic E-state index is 0.206. The molecule has 0 heterocycles. The number of nitrogens with one attached hydrogen (secondary N) is 1. The van der Waals surface area contributed by atoms with Gasteiger partial charge in [0.25, 0.3) is 0 Å². The van der Waals surface area contributed by atoms with Gasteiger partial charge in [0.1, 0.15) is 6.04 Å². The molecule has 0 saturated heterocycles. The third kappa shape index (κ3) is 15.2. The molecule has 0 aliphatic carbocycles. The SMILES string of the molecule is CCCCCC(O)CCNC(CC#CCCCC(=O)OCC)C(=O)OCC. The maximum absolute atomic E-state index is 12.0. The van der Waals surface area contributed by atoms with Gasteiger partial charge in [-0.3, -0.25) is 9.59 Å². The van der Waals surface area contributed by atoms with Crippen LogP contribution in [0.15, 0.2) is 0 Å². The summed E-state index contributed by atoms with van der Waals surface area (Å²) in [6, 6.07) is -0.495. The van der Waals surface area contributed by atoms with E-state index in [1.165, 1.54) is 0 Å². The first-order chi connectivity index (χ1) is 13.0.